The Balaban J connectivity index is 2.53. The summed E-state index contributed by atoms with van der Waals surface area (Å²) in [4.78, 5) is 3.02. The van der Waals surface area contributed by atoms with E-state index in [1.165, 1.54) is 0 Å². The van der Waals surface area contributed by atoms with Gasteiger partial charge in [0.15, 0.2) is 23.9 Å². The molecule has 0 aliphatic carbocycles. The number of hydrogen-bond acceptors (Lipinski definition) is 5. The minimum Gasteiger partial charge on any atom is -0.371 e. The number of hydrazone groups is 1. The number of hydrogen-bond donors (Lipinski definition) is 1. The van der Waals surface area contributed by atoms with Gasteiger partial charge in [-0.15, -0.1) is 0 Å². The number of rotatable bonds is 3. The van der Waals surface area contributed by atoms with Crippen LogP contribution in [0.3, 0.4) is 0 Å². The van der Waals surface area contributed by atoms with Crippen molar-refractivity contribution in [2.75, 3.05) is 5.01 Å². The third-order valence-corrected chi connectivity index (χ3v) is 3.95. The van der Waals surface area contributed by atoms with Crippen molar-refractivity contribution in [3.63, 3.8) is 0 Å². The summed E-state index contributed by atoms with van der Waals surface area (Å²) in [6, 6.07) is 2.00. The van der Waals surface area contributed by atoms with Crippen LogP contribution in [0.4, 0.5) is 45.3 Å². The minimum atomic E-state index is -5.42. The van der Waals surface area contributed by atoms with E-state index >= 15 is 0 Å². The average molecular weight is 523 g/mol. The molecule has 152 valence electrons. The molecular formula is C12H7F9IN3O2. The van der Waals surface area contributed by atoms with E-state index in [0.717, 1.165) is 12.1 Å². The van der Waals surface area contributed by atoms with Gasteiger partial charge in [0.1, 0.15) is 28.7 Å². The molecule has 15 heteroatoms. The lowest BCUT2D eigenvalue weighted by Gasteiger charge is -2.29. The highest BCUT2D eigenvalue weighted by molar-refractivity contribution is 14.1. The summed E-state index contributed by atoms with van der Waals surface area (Å²) < 4.78 is 121. The zero-order valence-electron chi connectivity index (χ0n) is 12.4. The minimum absolute atomic E-state index is 0.0584. The van der Waals surface area contributed by atoms with Gasteiger partial charge in [-0.3, -0.25) is 0 Å². The summed E-state index contributed by atoms with van der Waals surface area (Å²) in [6.45, 7) is 0. The molecule has 1 aliphatic rings. The molecular weight excluding hydrogens is 516 g/mol. The zero-order chi connectivity index (χ0) is 20.8. The van der Waals surface area contributed by atoms with Gasteiger partial charge in [0.2, 0.25) is 0 Å². The first-order valence-corrected chi connectivity index (χ1v) is 7.57. The van der Waals surface area contributed by atoms with E-state index in [1.807, 2.05) is 0 Å². The van der Waals surface area contributed by atoms with Crippen molar-refractivity contribution >= 4 is 34.5 Å². The Morgan fingerprint density at radius 1 is 1.04 bits per heavy atom. The summed E-state index contributed by atoms with van der Waals surface area (Å²) in [6.07, 6.45) is -21.5. The molecule has 3 atom stereocenters. The lowest BCUT2D eigenvalue weighted by molar-refractivity contribution is -0.203. The number of halogens is 10. The Bertz CT molecular complexity index is 719. The predicted octanol–water partition coefficient (Wildman–Crippen LogP) is 4.07. The van der Waals surface area contributed by atoms with Crippen LogP contribution in [0.25, 0.3) is 0 Å². The van der Waals surface area contributed by atoms with Crippen molar-refractivity contribution in [3.05, 3.63) is 23.9 Å². The molecule has 0 bridgehead atoms. The lowest BCUT2D eigenvalue weighted by Crippen LogP contribution is -2.49. The molecule has 0 saturated heterocycles. The Kier molecular flexibility index (Phi) is 5.87. The number of aromatic nitrogens is 1. The zero-order valence-corrected chi connectivity index (χ0v) is 14.6. The molecule has 0 spiro atoms. The first-order valence-electron chi connectivity index (χ1n) is 6.69. The monoisotopic (exact) mass is 523 g/mol. The second-order valence-electron chi connectivity index (χ2n) is 5.20. The molecule has 1 aliphatic heterocycles. The van der Waals surface area contributed by atoms with E-state index < -0.39 is 54.0 Å². The molecule has 1 aromatic heterocycles. The highest BCUT2D eigenvalue weighted by Crippen LogP contribution is 2.42. The molecule has 27 heavy (non-hydrogen) atoms. The number of aliphatic hydroxyl groups is 1. The number of anilines is 1. The Morgan fingerprint density at radius 3 is 2.07 bits per heavy atom. The molecule has 1 aromatic rings. The summed E-state index contributed by atoms with van der Waals surface area (Å²) in [5.74, 6) is -3.69. The summed E-state index contributed by atoms with van der Waals surface area (Å²) in [5, 5.41) is 12.8. The van der Waals surface area contributed by atoms with Gasteiger partial charge >= 0.3 is 18.5 Å². The van der Waals surface area contributed by atoms with Crippen molar-refractivity contribution in [3.8, 4) is 0 Å². The van der Waals surface area contributed by atoms with Gasteiger partial charge in [0, 0.05) is 0 Å². The standard InChI is InChI=1S/C12H7F9IN3O2/c13-10(14,15)4-2-1-3-5(23-4)25-9(26)6(7(24-25)11(16,17)18)8(27-22)12(19,20)21/h1-3,6,8-9,26H. The van der Waals surface area contributed by atoms with Crippen LogP contribution in [0.15, 0.2) is 23.3 Å². The van der Waals surface area contributed by atoms with Crippen LogP contribution < -0.4 is 5.01 Å². The van der Waals surface area contributed by atoms with Crippen LogP contribution in [0.1, 0.15) is 5.69 Å². The molecule has 0 saturated carbocycles. The van der Waals surface area contributed by atoms with Crippen molar-refractivity contribution < 1.29 is 47.7 Å². The molecule has 2 heterocycles. The van der Waals surface area contributed by atoms with Crippen LogP contribution in [0.2, 0.25) is 0 Å². The maximum absolute atomic E-state index is 13.1. The fourth-order valence-corrected chi connectivity index (χ4v) is 2.89. The second kappa shape index (κ2) is 7.23. The highest BCUT2D eigenvalue weighted by Gasteiger charge is 2.60. The predicted molar refractivity (Wildman–Crippen MR) is 79.7 cm³/mol. The first-order chi connectivity index (χ1) is 12.2. The van der Waals surface area contributed by atoms with Gasteiger partial charge < -0.3 is 8.17 Å². The first kappa shape index (κ1) is 21.9. The average Bonchev–Trinajstić information content (AvgIpc) is 2.84. The van der Waals surface area contributed by atoms with Gasteiger partial charge in [0.25, 0.3) is 0 Å². The molecule has 0 radical (unpaired) electrons. The molecule has 3 unspecified atom stereocenters. The van der Waals surface area contributed by atoms with Crippen molar-refractivity contribution in [1.82, 2.24) is 4.98 Å². The van der Waals surface area contributed by atoms with Crippen LogP contribution in [-0.4, -0.2) is 40.5 Å². The number of pyridine rings is 1. The van der Waals surface area contributed by atoms with E-state index in [1.54, 1.807) is 0 Å². The third kappa shape index (κ3) is 4.56. The molecule has 0 amide bonds. The maximum atomic E-state index is 13.1. The summed E-state index contributed by atoms with van der Waals surface area (Å²) in [7, 11) is 0. The van der Waals surface area contributed by atoms with Crippen LogP contribution >= 0.6 is 23.0 Å². The molecule has 1 N–H and O–H groups in total. The number of alkyl halides is 9. The topological polar surface area (TPSA) is 58.0 Å². The number of aliphatic hydroxyl groups excluding tert-OH is 1. The smallest absolute Gasteiger partial charge is 0.371 e. The van der Waals surface area contributed by atoms with Gasteiger partial charge in [-0.1, -0.05) is 6.07 Å². The van der Waals surface area contributed by atoms with Crippen molar-refractivity contribution in [2.24, 2.45) is 11.0 Å². The second-order valence-corrected chi connectivity index (χ2v) is 5.71. The quantitative estimate of drug-likeness (QED) is 0.480. The molecule has 0 aromatic carbocycles. The fraction of sp³-hybridized carbons (Fsp3) is 0.500. The van der Waals surface area contributed by atoms with E-state index in [9.17, 15) is 44.6 Å². The summed E-state index contributed by atoms with van der Waals surface area (Å²) in [5.41, 5.74) is -3.59. The Morgan fingerprint density at radius 2 is 1.63 bits per heavy atom. The Hall–Kier alpha value is -1.36. The van der Waals surface area contributed by atoms with Crippen molar-refractivity contribution in [1.29, 1.82) is 0 Å². The van der Waals surface area contributed by atoms with Gasteiger partial charge in [-0.25, -0.2) is 9.99 Å². The largest absolute Gasteiger partial charge is 0.433 e. The van der Waals surface area contributed by atoms with E-state index in [0.29, 0.717) is 29.1 Å². The van der Waals surface area contributed by atoms with Gasteiger partial charge in [0.05, 0.1) is 5.92 Å². The SMILES string of the molecule is OC1C(C(OI)C(F)(F)F)C(C(F)(F)F)=NN1c1cccc(C(F)(F)F)n1. The lowest BCUT2D eigenvalue weighted by atomic mass is 9.94. The van der Waals surface area contributed by atoms with Gasteiger partial charge in [-0.05, 0) is 12.1 Å². The highest BCUT2D eigenvalue weighted by atomic mass is 127. The van der Waals surface area contributed by atoms with Crippen LogP contribution in [0, 0.1) is 5.92 Å². The molecule has 5 nitrogen and oxygen atoms in total. The van der Waals surface area contributed by atoms with Crippen LogP contribution in [-0.2, 0) is 9.24 Å². The maximum Gasteiger partial charge on any atom is 0.433 e. The molecule has 0 fully saturated rings. The normalized spacial score (nSPS) is 22.8. The summed E-state index contributed by atoms with van der Waals surface area (Å²) >= 11 is 0.714. The van der Waals surface area contributed by atoms with E-state index in [-0.39, 0.29) is 5.01 Å². The van der Waals surface area contributed by atoms with Crippen LogP contribution in [0.5, 0.6) is 0 Å². The fourth-order valence-electron chi connectivity index (χ4n) is 2.29. The van der Waals surface area contributed by atoms with E-state index in [4.69, 9.17) is 0 Å². The van der Waals surface area contributed by atoms with Crippen molar-refractivity contribution in [2.45, 2.75) is 30.9 Å². The Labute approximate surface area is 158 Å². The van der Waals surface area contributed by atoms with E-state index in [2.05, 4.69) is 13.2 Å². The number of nitrogens with zero attached hydrogens (tertiary/aromatic N) is 3. The molecule has 2 rings (SSSR count). The van der Waals surface area contributed by atoms with Gasteiger partial charge in [-0.2, -0.15) is 44.6 Å². The third-order valence-electron chi connectivity index (χ3n) is 3.40.